The molecule has 98 valence electrons. The zero-order valence-electron chi connectivity index (χ0n) is 10.0. The Kier molecular flexibility index (Phi) is 3.22. The molecular weight excluding hydrogens is 268 g/mol. The van der Waals surface area contributed by atoms with E-state index in [0.717, 1.165) is 6.92 Å². The molecule has 0 aliphatic carbocycles. The molecule has 6 nitrogen and oxygen atoms in total. The van der Waals surface area contributed by atoms with Gasteiger partial charge >= 0.3 is 0 Å². The summed E-state index contributed by atoms with van der Waals surface area (Å²) in [4.78, 5) is 23.6. The first-order chi connectivity index (χ1) is 8.91. The standard InChI is InChI=1S/C12H10N2O4S/c1-8(15)11-12(16)9-4-2-3-5-10(9)19(17,18)14(11)7-6-13/h2-5,11H,7H2,1H3/t11-/m0/s1. The number of rotatable bonds is 2. The summed E-state index contributed by atoms with van der Waals surface area (Å²) in [5.74, 6) is -1.19. The highest BCUT2D eigenvalue weighted by molar-refractivity contribution is 7.89. The molecule has 0 unspecified atom stereocenters. The third-order valence-electron chi connectivity index (χ3n) is 2.89. The van der Waals surface area contributed by atoms with E-state index >= 15 is 0 Å². The Morgan fingerprint density at radius 1 is 1.42 bits per heavy atom. The molecule has 1 aromatic carbocycles. The number of hydrogen-bond acceptors (Lipinski definition) is 5. The van der Waals surface area contributed by atoms with E-state index < -0.39 is 34.2 Å². The average molecular weight is 278 g/mol. The van der Waals surface area contributed by atoms with Gasteiger partial charge in [-0.05, 0) is 19.1 Å². The van der Waals surface area contributed by atoms with Crippen molar-refractivity contribution in [3.8, 4) is 6.07 Å². The molecule has 1 aliphatic heterocycles. The molecule has 0 bridgehead atoms. The molecule has 0 aromatic heterocycles. The second-order valence-electron chi connectivity index (χ2n) is 4.08. The van der Waals surface area contributed by atoms with Crippen LogP contribution in [0.1, 0.15) is 17.3 Å². The number of nitriles is 1. The monoisotopic (exact) mass is 278 g/mol. The molecule has 0 radical (unpaired) electrons. The summed E-state index contributed by atoms with van der Waals surface area (Å²) in [7, 11) is -4.00. The Hall–Kier alpha value is -2.04. The predicted molar refractivity (Wildman–Crippen MR) is 64.7 cm³/mol. The zero-order valence-corrected chi connectivity index (χ0v) is 10.8. The van der Waals surface area contributed by atoms with Gasteiger partial charge in [0.1, 0.15) is 12.6 Å². The molecule has 19 heavy (non-hydrogen) atoms. The Morgan fingerprint density at radius 2 is 2.05 bits per heavy atom. The van der Waals surface area contributed by atoms with Gasteiger partial charge in [-0.15, -0.1) is 0 Å². The van der Waals surface area contributed by atoms with Gasteiger partial charge in [0.25, 0.3) is 0 Å². The van der Waals surface area contributed by atoms with Crippen LogP contribution in [-0.4, -0.2) is 36.9 Å². The van der Waals surface area contributed by atoms with Crippen molar-refractivity contribution in [2.24, 2.45) is 0 Å². The fourth-order valence-corrected chi connectivity index (χ4v) is 3.77. The average Bonchev–Trinajstić information content (AvgIpc) is 2.36. The Bertz CT molecular complexity index is 703. The van der Waals surface area contributed by atoms with Crippen LogP contribution in [0.3, 0.4) is 0 Å². The van der Waals surface area contributed by atoms with Gasteiger partial charge in [-0.3, -0.25) is 9.59 Å². The molecule has 0 fully saturated rings. The Morgan fingerprint density at radius 3 is 2.63 bits per heavy atom. The summed E-state index contributed by atoms with van der Waals surface area (Å²) in [6.45, 7) is 0.600. The van der Waals surface area contributed by atoms with Crippen LogP contribution in [0.25, 0.3) is 0 Å². The lowest BCUT2D eigenvalue weighted by atomic mass is 10.0. The lowest BCUT2D eigenvalue weighted by molar-refractivity contribution is -0.119. The topological polar surface area (TPSA) is 95.3 Å². The maximum atomic E-state index is 12.3. The van der Waals surface area contributed by atoms with E-state index in [4.69, 9.17) is 5.26 Å². The summed E-state index contributed by atoms with van der Waals surface area (Å²) < 4.78 is 25.3. The van der Waals surface area contributed by atoms with E-state index in [1.807, 2.05) is 0 Å². The maximum absolute atomic E-state index is 12.3. The minimum atomic E-state index is -4.00. The number of nitrogens with zero attached hydrogens (tertiary/aromatic N) is 2. The summed E-state index contributed by atoms with van der Waals surface area (Å²) in [5, 5.41) is 8.71. The van der Waals surface area contributed by atoms with Gasteiger partial charge in [0.2, 0.25) is 10.0 Å². The molecule has 0 saturated heterocycles. The Balaban J connectivity index is 2.74. The number of benzene rings is 1. The number of sulfonamides is 1. The van der Waals surface area contributed by atoms with Crippen LogP contribution in [0.2, 0.25) is 0 Å². The van der Waals surface area contributed by atoms with Crippen molar-refractivity contribution in [2.45, 2.75) is 17.9 Å². The normalized spacial score (nSPS) is 21.5. The Labute approximate surface area is 110 Å². The predicted octanol–water partition coefficient (Wildman–Crippen LogP) is 0.355. The van der Waals surface area contributed by atoms with Crippen LogP contribution in [0.15, 0.2) is 29.2 Å². The summed E-state index contributed by atoms with van der Waals surface area (Å²) in [6.07, 6.45) is 0. The molecule has 0 saturated carbocycles. The molecule has 1 aromatic rings. The third-order valence-corrected chi connectivity index (χ3v) is 4.76. The second kappa shape index (κ2) is 4.57. The van der Waals surface area contributed by atoms with Gasteiger partial charge in [-0.25, -0.2) is 8.42 Å². The first-order valence-electron chi connectivity index (χ1n) is 5.43. The van der Waals surface area contributed by atoms with Crippen LogP contribution in [0.5, 0.6) is 0 Å². The second-order valence-corrected chi connectivity index (χ2v) is 5.94. The van der Waals surface area contributed by atoms with Gasteiger partial charge in [0.15, 0.2) is 11.6 Å². The number of fused-ring (bicyclic) bond motifs is 1. The molecule has 1 atom stereocenters. The smallest absolute Gasteiger partial charge is 0.245 e. The van der Waals surface area contributed by atoms with Crippen molar-refractivity contribution >= 4 is 21.6 Å². The van der Waals surface area contributed by atoms with Crippen LogP contribution >= 0.6 is 0 Å². The van der Waals surface area contributed by atoms with Crippen molar-refractivity contribution < 1.29 is 18.0 Å². The van der Waals surface area contributed by atoms with Crippen LogP contribution in [0.4, 0.5) is 0 Å². The number of ketones is 2. The van der Waals surface area contributed by atoms with Crippen LogP contribution in [0, 0.1) is 11.3 Å². The van der Waals surface area contributed by atoms with Gasteiger partial charge in [0, 0.05) is 5.56 Å². The molecular formula is C12H10N2O4S. The molecule has 1 aliphatic rings. The lowest BCUT2D eigenvalue weighted by Gasteiger charge is -2.31. The lowest BCUT2D eigenvalue weighted by Crippen LogP contribution is -2.52. The van der Waals surface area contributed by atoms with Crippen LogP contribution in [-0.2, 0) is 14.8 Å². The van der Waals surface area contributed by atoms with Gasteiger partial charge in [0.05, 0.1) is 11.0 Å². The van der Waals surface area contributed by atoms with Gasteiger partial charge in [-0.2, -0.15) is 9.57 Å². The summed E-state index contributed by atoms with van der Waals surface area (Å²) >= 11 is 0. The van der Waals surface area contributed by atoms with Crippen molar-refractivity contribution in [3.05, 3.63) is 29.8 Å². The van der Waals surface area contributed by atoms with Crippen molar-refractivity contribution in [1.29, 1.82) is 5.26 Å². The van der Waals surface area contributed by atoms with Crippen molar-refractivity contribution in [1.82, 2.24) is 4.31 Å². The first-order valence-corrected chi connectivity index (χ1v) is 6.87. The molecule has 0 amide bonds. The highest BCUT2D eigenvalue weighted by Crippen LogP contribution is 2.29. The first kappa shape index (κ1) is 13.4. The summed E-state index contributed by atoms with van der Waals surface area (Å²) in [6, 6.07) is 5.91. The fraction of sp³-hybridized carbons (Fsp3) is 0.250. The highest BCUT2D eigenvalue weighted by atomic mass is 32.2. The van der Waals surface area contributed by atoms with E-state index in [0.29, 0.717) is 4.31 Å². The highest BCUT2D eigenvalue weighted by Gasteiger charge is 2.45. The molecule has 0 N–H and O–H groups in total. The molecule has 2 rings (SSSR count). The van der Waals surface area contributed by atoms with E-state index in [1.165, 1.54) is 24.3 Å². The summed E-state index contributed by atoms with van der Waals surface area (Å²) in [5.41, 5.74) is -0.00288. The number of hydrogen-bond donors (Lipinski definition) is 0. The van der Waals surface area contributed by atoms with E-state index in [1.54, 1.807) is 6.07 Å². The van der Waals surface area contributed by atoms with Gasteiger partial charge < -0.3 is 0 Å². The maximum Gasteiger partial charge on any atom is 0.245 e. The van der Waals surface area contributed by atoms with E-state index in [-0.39, 0.29) is 10.5 Å². The minimum Gasteiger partial charge on any atom is -0.298 e. The quantitative estimate of drug-likeness (QED) is 0.574. The number of Topliss-reactive ketones (excluding diaryl/α,β-unsaturated/α-hetero) is 2. The SMILES string of the molecule is CC(=O)[C@H]1C(=O)c2ccccc2S(=O)(=O)N1CC#N. The van der Waals surface area contributed by atoms with Crippen LogP contribution < -0.4 is 0 Å². The third kappa shape index (κ3) is 1.95. The fourth-order valence-electron chi connectivity index (χ4n) is 2.07. The van der Waals surface area contributed by atoms with Gasteiger partial charge in [-0.1, -0.05) is 12.1 Å². The number of carbonyl (C=O) groups is 2. The molecule has 0 spiro atoms. The van der Waals surface area contributed by atoms with Crippen molar-refractivity contribution in [3.63, 3.8) is 0 Å². The largest absolute Gasteiger partial charge is 0.298 e. The number of carbonyl (C=O) groups excluding carboxylic acids is 2. The molecule has 7 heteroatoms. The van der Waals surface area contributed by atoms with E-state index in [9.17, 15) is 18.0 Å². The minimum absolute atomic E-state index is 0.00288. The van der Waals surface area contributed by atoms with Crippen molar-refractivity contribution in [2.75, 3.05) is 6.54 Å². The zero-order chi connectivity index (χ0) is 14.2. The molecule has 1 heterocycles. The van der Waals surface area contributed by atoms with E-state index in [2.05, 4.69) is 0 Å².